The lowest BCUT2D eigenvalue weighted by Gasteiger charge is -2.53. The number of anilines is 2. The Hall–Kier alpha value is -4.67. The number of pyridine rings is 2. The Morgan fingerprint density at radius 1 is 1.04 bits per heavy atom. The van der Waals surface area contributed by atoms with Gasteiger partial charge in [-0.3, -0.25) is 10.2 Å². The molecule has 0 saturated carbocycles. The molecule has 56 heavy (non-hydrogen) atoms. The van der Waals surface area contributed by atoms with Crippen LogP contribution < -0.4 is 25.0 Å². The van der Waals surface area contributed by atoms with Crippen molar-refractivity contribution in [1.82, 2.24) is 20.2 Å². The summed E-state index contributed by atoms with van der Waals surface area (Å²) in [6.45, 7) is 17.1. The zero-order valence-electron chi connectivity index (χ0n) is 32.8. The highest BCUT2D eigenvalue weighted by Crippen LogP contribution is 2.52. The number of nitrogens with one attached hydrogen (secondary N) is 2. The standard InChI is InChI=1S/C39H47F5N6O6/c1-10-38-12-11-24(50(38)35(52)56-37(7,8)9)30-19(3)53-33-26-25(18(2)28(20-15-45-16-20)47-32(26)49(30)17-38)27(41)29(48-33)22-13-21(46-34(51)55-36(4,5)6)14-23(40)31(22)54-39(42,43)44/h13-14,19-20,24,30,45H,10-12,15-17H2,1-9H3,(H,46,51)/t19-,24-,30+,38+/m0/s1. The van der Waals surface area contributed by atoms with Crippen LogP contribution in [0.5, 0.6) is 11.6 Å². The number of piperazine rings is 1. The van der Waals surface area contributed by atoms with E-state index >= 15 is 8.78 Å². The lowest BCUT2D eigenvalue weighted by molar-refractivity contribution is -0.275. The second-order valence-corrected chi connectivity index (χ2v) is 17.1. The number of carbonyl (C=O) groups is 2. The summed E-state index contributed by atoms with van der Waals surface area (Å²) in [6.07, 6.45) is -5.69. The topological polar surface area (TPSA) is 127 Å². The molecule has 6 heterocycles. The highest BCUT2D eigenvalue weighted by Gasteiger charge is 2.60. The van der Waals surface area contributed by atoms with Crippen molar-refractivity contribution in [1.29, 1.82) is 0 Å². The zero-order chi connectivity index (χ0) is 40.9. The van der Waals surface area contributed by atoms with Crippen LogP contribution in [0.4, 0.5) is 43.0 Å². The summed E-state index contributed by atoms with van der Waals surface area (Å²) in [5.74, 6) is -3.83. The number of aromatic nitrogens is 2. The van der Waals surface area contributed by atoms with E-state index in [1.165, 1.54) is 0 Å². The van der Waals surface area contributed by atoms with Crippen LogP contribution in [-0.2, 0) is 9.47 Å². The molecule has 2 bridgehead atoms. The first-order valence-corrected chi connectivity index (χ1v) is 18.8. The molecule has 3 aromatic rings. The Morgan fingerprint density at radius 2 is 1.71 bits per heavy atom. The monoisotopic (exact) mass is 790 g/mol. The minimum absolute atomic E-state index is 0.0129. The van der Waals surface area contributed by atoms with Gasteiger partial charge in [-0.05, 0) is 86.3 Å². The van der Waals surface area contributed by atoms with E-state index in [9.17, 15) is 22.8 Å². The van der Waals surface area contributed by atoms with E-state index in [1.807, 2.05) is 11.8 Å². The molecule has 3 saturated heterocycles. The first-order chi connectivity index (χ1) is 26.0. The van der Waals surface area contributed by atoms with E-state index < -0.39 is 82.1 Å². The molecule has 2 N–H and O–H groups in total. The fourth-order valence-corrected chi connectivity index (χ4v) is 8.57. The van der Waals surface area contributed by atoms with E-state index in [0.29, 0.717) is 62.0 Å². The van der Waals surface area contributed by atoms with Gasteiger partial charge in [0.25, 0.3) is 0 Å². The molecule has 0 aliphatic carbocycles. The number of aryl methyl sites for hydroxylation is 1. The first kappa shape index (κ1) is 39.6. The van der Waals surface area contributed by atoms with Crippen LogP contribution in [0.2, 0.25) is 0 Å². The Balaban J connectivity index is 1.45. The predicted octanol–water partition coefficient (Wildman–Crippen LogP) is 8.33. The molecule has 7 rings (SSSR count). The number of benzene rings is 1. The minimum atomic E-state index is -5.38. The van der Waals surface area contributed by atoms with Gasteiger partial charge in [-0.25, -0.2) is 28.3 Å². The van der Waals surface area contributed by atoms with E-state index in [4.69, 9.17) is 19.2 Å². The molecule has 1 aromatic carbocycles. The fourth-order valence-electron chi connectivity index (χ4n) is 8.57. The summed E-state index contributed by atoms with van der Waals surface area (Å²) in [4.78, 5) is 40.2. The molecule has 4 atom stereocenters. The third-order valence-corrected chi connectivity index (χ3v) is 10.9. The van der Waals surface area contributed by atoms with Gasteiger partial charge in [0.05, 0.1) is 34.3 Å². The lowest BCUT2D eigenvalue weighted by Crippen LogP contribution is -2.70. The number of fused-ring (bicyclic) bond motifs is 5. The van der Waals surface area contributed by atoms with Crippen LogP contribution in [0.3, 0.4) is 0 Å². The Labute approximate surface area is 321 Å². The van der Waals surface area contributed by atoms with Crippen LogP contribution in [0.15, 0.2) is 12.1 Å². The fraction of sp³-hybridized carbons (Fsp3) is 0.590. The average molecular weight is 791 g/mol. The number of hydrogen-bond acceptors (Lipinski definition) is 10. The lowest BCUT2D eigenvalue weighted by atomic mass is 9.88. The maximum atomic E-state index is 17.5. The number of hydrogen-bond donors (Lipinski definition) is 2. The van der Waals surface area contributed by atoms with E-state index in [2.05, 4.69) is 25.3 Å². The van der Waals surface area contributed by atoms with Gasteiger partial charge < -0.3 is 29.2 Å². The van der Waals surface area contributed by atoms with Gasteiger partial charge in [-0.1, -0.05) is 6.92 Å². The normalized spacial score (nSPS) is 23.6. The number of carbonyl (C=O) groups excluding carboxylic acids is 2. The molecule has 12 nitrogen and oxygen atoms in total. The maximum Gasteiger partial charge on any atom is 0.573 e. The summed E-state index contributed by atoms with van der Waals surface area (Å²) in [5.41, 5.74) is -3.15. The molecule has 0 radical (unpaired) electrons. The van der Waals surface area contributed by atoms with Crippen molar-refractivity contribution in [3.05, 3.63) is 35.0 Å². The second kappa shape index (κ2) is 13.5. The Kier molecular flexibility index (Phi) is 9.52. The highest BCUT2D eigenvalue weighted by atomic mass is 19.4. The van der Waals surface area contributed by atoms with Crippen LogP contribution in [0.1, 0.15) is 91.8 Å². The van der Waals surface area contributed by atoms with Crippen LogP contribution in [0.25, 0.3) is 22.0 Å². The smallest absolute Gasteiger partial charge is 0.472 e. The third-order valence-electron chi connectivity index (χ3n) is 10.9. The molecular weight excluding hydrogens is 743 g/mol. The summed E-state index contributed by atoms with van der Waals surface area (Å²) in [5, 5.41) is 5.72. The summed E-state index contributed by atoms with van der Waals surface area (Å²) >= 11 is 0. The molecule has 4 aliphatic heterocycles. The second-order valence-electron chi connectivity index (χ2n) is 17.1. The average Bonchev–Trinajstić information content (AvgIpc) is 3.24. The first-order valence-electron chi connectivity index (χ1n) is 18.8. The molecule has 0 unspecified atom stereocenters. The predicted molar refractivity (Wildman–Crippen MR) is 197 cm³/mol. The quantitative estimate of drug-likeness (QED) is 0.244. The number of rotatable bonds is 5. The molecule has 4 aliphatic rings. The number of amides is 2. The highest BCUT2D eigenvalue weighted by molar-refractivity contribution is 6.02. The van der Waals surface area contributed by atoms with Crippen LogP contribution >= 0.6 is 0 Å². The molecule has 304 valence electrons. The zero-order valence-corrected chi connectivity index (χ0v) is 32.8. The summed E-state index contributed by atoms with van der Waals surface area (Å²) in [7, 11) is 0. The van der Waals surface area contributed by atoms with E-state index in [1.54, 1.807) is 55.4 Å². The molecule has 17 heteroatoms. The van der Waals surface area contributed by atoms with Crippen molar-refractivity contribution in [2.24, 2.45) is 0 Å². The van der Waals surface area contributed by atoms with Gasteiger partial charge in [-0.2, -0.15) is 0 Å². The third kappa shape index (κ3) is 7.00. The van der Waals surface area contributed by atoms with Crippen molar-refractivity contribution >= 4 is 34.5 Å². The van der Waals surface area contributed by atoms with Gasteiger partial charge in [-0.15, -0.1) is 13.2 Å². The summed E-state index contributed by atoms with van der Waals surface area (Å²) in [6, 6.07) is 0.635. The number of alkyl halides is 3. The Morgan fingerprint density at radius 3 is 2.30 bits per heavy atom. The summed E-state index contributed by atoms with van der Waals surface area (Å²) < 4.78 is 96.7. The number of nitrogens with zero attached hydrogens (tertiary/aromatic N) is 4. The van der Waals surface area contributed by atoms with Gasteiger partial charge in [0.2, 0.25) is 5.88 Å². The maximum absolute atomic E-state index is 17.5. The van der Waals surface area contributed by atoms with Crippen molar-refractivity contribution < 1.29 is 50.5 Å². The van der Waals surface area contributed by atoms with Gasteiger partial charge >= 0.3 is 18.5 Å². The SMILES string of the molecule is CC[C@@]12CC[C@@H]([C@H]3[C@H](C)Oc4nc(-c5cc(NC(=O)OC(C)(C)C)cc(F)c5OC(F)(F)F)c(F)c5c(C)c(C6CNC6)nc(c45)N3C1)N2C(=O)OC(C)(C)C. The van der Waals surface area contributed by atoms with Crippen molar-refractivity contribution in [2.75, 3.05) is 29.9 Å². The molecule has 0 spiro atoms. The van der Waals surface area contributed by atoms with Crippen molar-refractivity contribution in [3.63, 3.8) is 0 Å². The van der Waals surface area contributed by atoms with Crippen LogP contribution in [0, 0.1) is 18.6 Å². The number of halogens is 5. The Bertz CT molecular complexity index is 2100. The van der Waals surface area contributed by atoms with Crippen molar-refractivity contribution in [3.8, 4) is 22.9 Å². The van der Waals surface area contributed by atoms with E-state index in [0.717, 1.165) is 6.07 Å². The largest absolute Gasteiger partial charge is 0.573 e. The van der Waals surface area contributed by atoms with Crippen LogP contribution in [-0.4, -0.2) is 88.0 Å². The molecule has 3 fully saturated rings. The molecular formula is C39H47F5N6O6. The minimum Gasteiger partial charge on any atom is -0.472 e. The number of ether oxygens (including phenoxy) is 4. The van der Waals surface area contributed by atoms with Gasteiger partial charge in [0.1, 0.15) is 28.8 Å². The van der Waals surface area contributed by atoms with Gasteiger partial charge in [0, 0.05) is 42.7 Å². The van der Waals surface area contributed by atoms with E-state index in [-0.39, 0.29) is 28.3 Å². The molecule has 2 aromatic heterocycles. The van der Waals surface area contributed by atoms with Crippen molar-refractivity contribution in [2.45, 2.75) is 129 Å². The van der Waals surface area contributed by atoms with Gasteiger partial charge in [0.15, 0.2) is 17.4 Å². The molecule has 2 amide bonds.